The third-order valence-corrected chi connectivity index (χ3v) is 4.58. The van der Waals surface area contributed by atoms with Gasteiger partial charge in [-0.05, 0) is 32.9 Å². The second kappa shape index (κ2) is 6.08. The fourth-order valence-corrected chi connectivity index (χ4v) is 2.90. The number of sulfone groups is 1. The van der Waals surface area contributed by atoms with Gasteiger partial charge in [0, 0.05) is 24.5 Å². The molecule has 0 fully saturated rings. The lowest BCUT2D eigenvalue weighted by Crippen LogP contribution is -2.40. The van der Waals surface area contributed by atoms with Crippen LogP contribution in [0, 0.1) is 6.92 Å². The van der Waals surface area contributed by atoms with E-state index < -0.39 is 9.84 Å². The van der Waals surface area contributed by atoms with Crippen molar-refractivity contribution in [2.75, 3.05) is 18.6 Å². The lowest BCUT2D eigenvalue weighted by atomic mass is 10.1. The van der Waals surface area contributed by atoms with Crippen LogP contribution in [0.25, 0.3) is 5.52 Å². The van der Waals surface area contributed by atoms with Gasteiger partial charge in [0.25, 0.3) is 5.91 Å². The van der Waals surface area contributed by atoms with Gasteiger partial charge in [0.15, 0.2) is 0 Å². The molecule has 0 aliphatic heterocycles. The highest BCUT2D eigenvalue weighted by Gasteiger charge is 2.22. The van der Waals surface area contributed by atoms with Crippen LogP contribution < -0.4 is 0 Å². The van der Waals surface area contributed by atoms with E-state index in [1.54, 1.807) is 23.5 Å². The molecule has 1 amide bonds. The number of pyridine rings is 1. The number of amides is 1. The topological polar surface area (TPSA) is 71.8 Å². The Morgan fingerprint density at radius 3 is 2.64 bits per heavy atom. The summed E-state index contributed by atoms with van der Waals surface area (Å²) in [7, 11) is -3.11. The monoisotopic (exact) mass is 323 g/mol. The van der Waals surface area contributed by atoms with E-state index in [1.807, 2.05) is 31.2 Å². The van der Waals surface area contributed by atoms with Crippen molar-refractivity contribution >= 4 is 21.3 Å². The number of aromatic nitrogens is 2. The van der Waals surface area contributed by atoms with Gasteiger partial charge in [0.1, 0.15) is 9.84 Å². The van der Waals surface area contributed by atoms with Crippen LogP contribution >= 0.6 is 0 Å². The zero-order valence-corrected chi connectivity index (χ0v) is 14.1. The van der Waals surface area contributed by atoms with Gasteiger partial charge in [-0.3, -0.25) is 4.79 Å². The quantitative estimate of drug-likeness (QED) is 0.837. The molecule has 0 aliphatic carbocycles. The Bertz CT molecular complexity index is 793. The van der Waals surface area contributed by atoms with Crippen LogP contribution in [0.3, 0.4) is 0 Å². The molecule has 0 unspecified atom stereocenters. The SMILES string of the molecule is Cc1c(C(=O)N(CCS(C)(=O)=O)C(C)C)ccc2cncn12. The number of aryl methyl sites for hydroxylation is 1. The molecule has 0 bridgehead atoms. The second-order valence-corrected chi connectivity index (χ2v) is 8.00. The predicted octanol–water partition coefficient (Wildman–Crippen LogP) is 1.54. The molecular weight excluding hydrogens is 302 g/mol. The van der Waals surface area contributed by atoms with Crippen molar-refractivity contribution in [1.82, 2.24) is 14.3 Å². The molecule has 120 valence electrons. The van der Waals surface area contributed by atoms with Crippen LogP contribution in [0.1, 0.15) is 29.9 Å². The first kappa shape index (κ1) is 16.5. The van der Waals surface area contributed by atoms with Crippen molar-refractivity contribution in [3.8, 4) is 0 Å². The minimum absolute atomic E-state index is 0.0384. The predicted molar refractivity (Wildman–Crippen MR) is 85.8 cm³/mol. The zero-order chi connectivity index (χ0) is 16.5. The van der Waals surface area contributed by atoms with Gasteiger partial charge in [-0.1, -0.05) is 0 Å². The van der Waals surface area contributed by atoms with E-state index in [1.165, 1.54) is 6.26 Å². The summed E-state index contributed by atoms with van der Waals surface area (Å²) in [5.74, 6) is -0.199. The van der Waals surface area contributed by atoms with E-state index in [4.69, 9.17) is 0 Å². The maximum Gasteiger partial charge on any atom is 0.255 e. The first-order valence-corrected chi connectivity index (χ1v) is 9.17. The van der Waals surface area contributed by atoms with E-state index >= 15 is 0 Å². The standard InChI is InChI=1S/C15H21N3O3S/c1-11(2)17(7-8-22(4,20)21)15(19)14-6-5-13-9-16-10-18(13)12(14)3/h5-6,9-11H,7-8H2,1-4H3. The van der Waals surface area contributed by atoms with Gasteiger partial charge in [0.05, 0.1) is 29.4 Å². The molecule has 0 saturated heterocycles. The molecule has 0 aromatic carbocycles. The summed E-state index contributed by atoms with van der Waals surface area (Å²) in [6, 6.07) is 3.53. The van der Waals surface area contributed by atoms with Gasteiger partial charge in [0.2, 0.25) is 0 Å². The van der Waals surface area contributed by atoms with Crippen molar-refractivity contribution in [2.24, 2.45) is 0 Å². The summed E-state index contributed by atoms with van der Waals surface area (Å²) < 4.78 is 24.6. The van der Waals surface area contributed by atoms with Crippen molar-refractivity contribution < 1.29 is 13.2 Å². The summed E-state index contributed by atoms with van der Waals surface area (Å²) >= 11 is 0. The largest absolute Gasteiger partial charge is 0.335 e. The summed E-state index contributed by atoms with van der Waals surface area (Å²) in [5.41, 5.74) is 2.28. The highest BCUT2D eigenvalue weighted by atomic mass is 32.2. The number of hydrogen-bond donors (Lipinski definition) is 0. The summed E-state index contributed by atoms with van der Waals surface area (Å²) in [6.45, 7) is 5.81. The number of rotatable bonds is 5. The van der Waals surface area contributed by atoms with E-state index in [0.29, 0.717) is 5.56 Å². The highest BCUT2D eigenvalue weighted by Crippen LogP contribution is 2.16. The number of fused-ring (bicyclic) bond motifs is 1. The number of nitrogens with zero attached hydrogens (tertiary/aromatic N) is 3. The van der Waals surface area contributed by atoms with Crippen LogP contribution in [0.4, 0.5) is 0 Å². The molecule has 0 spiro atoms. The van der Waals surface area contributed by atoms with Crippen LogP contribution in [0.2, 0.25) is 0 Å². The van der Waals surface area contributed by atoms with E-state index in [9.17, 15) is 13.2 Å². The molecular formula is C15H21N3O3S. The number of imidazole rings is 1. The van der Waals surface area contributed by atoms with Crippen LogP contribution in [-0.2, 0) is 9.84 Å². The Kier molecular flexibility index (Phi) is 4.55. The molecule has 0 radical (unpaired) electrons. The van der Waals surface area contributed by atoms with Gasteiger partial charge >= 0.3 is 0 Å². The Balaban J connectivity index is 2.34. The van der Waals surface area contributed by atoms with Crippen molar-refractivity contribution in [3.63, 3.8) is 0 Å². The van der Waals surface area contributed by atoms with Crippen molar-refractivity contribution in [3.05, 3.63) is 35.9 Å². The highest BCUT2D eigenvalue weighted by molar-refractivity contribution is 7.90. The first-order chi connectivity index (χ1) is 10.2. The average Bonchev–Trinajstić information content (AvgIpc) is 2.86. The van der Waals surface area contributed by atoms with E-state index in [-0.39, 0.29) is 24.2 Å². The van der Waals surface area contributed by atoms with E-state index in [2.05, 4.69) is 4.98 Å². The first-order valence-electron chi connectivity index (χ1n) is 7.11. The summed E-state index contributed by atoms with van der Waals surface area (Å²) in [4.78, 5) is 18.4. The second-order valence-electron chi connectivity index (χ2n) is 5.74. The fraction of sp³-hybridized carbons (Fsp3) is 0.467. The Morgan fingerprint density at radius 1 is 1.36 bits per heavy atom. The molecule has 0 atom stereocenters. The fourth-order valence-electron chi connectivity index (χ4n) is 2.37. The molecule has 2 aromatic heterocycles. The average molecular weight is 323 g/mol. The summed E-state index contributed by atoms with van der Waals surface area (Å²) in [5, 5.41) is 0. The molecule has 6 nitrogen and oxygen atoms in total. The van der Waals surface area contributed by atoms with Crippen LogP contribution in [0.15, 0.2) is 24.7 Å². The number of carbonyl (C=O) groups excluding carboxylic acids is 1. The van der Waals surface area contributed by atoms with Gasteiger partial charge in [-0.2, -0.15) is 0 Å². The lowest BCUT2D eigenvalue weighted by molar-refractivity contribution is 0.0717. The molecule has 0 N–H and O–H groups in total. The van der Waals surface area contributed by atoms with Gasteiger partial charge in [-0.25, -0.2) is 13.4 Å². The number of carbonyl (C=O) groups is 1. The van der Waals surface area contributed by atoms with Crippen LogP contribution in [0.5, 0.6) is 0 Å². The van der Waals surface area contributed by atoms with Gasteiger partial charge in [-0.15, -0.1) is 0 Å². The Hall–Kier alpha value is -1.89. The maximum atomic E-state index is 12.8. The maximum absolute atomic E-state index is 12.8. The molecule has 2 rings (SSSR count). The van der Waals surface area contributed by atoms with Crippen molar-refractivity contribution in [2.45, 2.75) is 26.8 Å². The van der Waals surface area contributed by atoms with Crippen molar-refractivity contribution in [1.29, 1.82) is 0 Å². The Morgan fingerprint density at radius 2 is 2.05 bits per heavy atom. The lowest BCUT2D eigenvalue weighted by Gasteiger charge is -2.27. The third kappa shape index (κ3) is 3.47. The molecule has 22 heavy (non-hydrogen) atoms. The smallest absolute Gasteiger partial charge is 0.255 e. The molecule has 2 heterocycles. The molecule has 7 heteroatoms. The summed E-state index contributed by atoms with van der Waals surface area (Å²) in [6.07, 6.45) is 4.57. The molecule has 0 aliphatic rings. The number of hydrogen-bond acceptors (Lipinski definition) is 4. The normalized spacial score (nSPS) is 12.0. The molecule has 2 aromatic rings. The van der Waals surface area contributed by atoms with Gasteiger partial charge < -0.3 is 9.30 Å². The Labute approximate surface area is 130 Å². The molecule has 0 saturated carbocycles. The third-order valence-electron chi connectivity index (χ3n) is 3.66. The minimum Gasteiger partial charge on any atom is -0.335 e. The van der Waals surface area contributed by atoms with Crippen LogP contribution in [-0.4, -0.2) is 53.2 Å². The zero-order valence-electron chi connectivity index (χ0n) is 13.3. The van der Waals surface area contributed by atoms with E-state index in [0.717, 1.165) is 11.2 Å². The minimum atomic E-state index is -3.11.